The predicted octanol–water partition coefficient (Wildman–Crippen LogP) is 2.16. The lowest BCUT2D eigenvalue weighted by Crippen LogP contribution is -2.27. The Morgan fingerprint density at radius 1 is 1.39 bits per heavy atom. The number of hydrogen-bond donors (Lipinski definition) is 1. The molecule has 0 saturated carbocycles. The standard InChI is InChI=1S/C13H16N2O2.ClH/c1-15(13(16)6-7-14)9-11-8-10-4-2-3-5-12(10)17-11;/h2-5,8H,6-7,9,14H2,1H3;1H. The highest BCUT2D eigenvalue weighted by atomic mass is 35.5. The average molecular weight is 269 g/mol. The van der Waals surface area contributed by atoms with Gasteiger partial charge in [0.05, 0.1) is 6.54 Å². The van der Waals surface area contributed by atoms with Gasteiger partial charge in [-0.1, -0.05) is 18.2 Å². The van der Waals surface area contributed by atoms with Crippen molar-refractivity contribution < 1.29 is 9.21 Å². The van der Waals surface area contributed by atoms with Crippen LogP contribution in [0.15, 0.2) is 34.7 Å². The van der Waals surface area contributed by atoms with Gasteiger partial charge in [-0.2, -0.15) is 0 Å². The molecule has 1 heterocycles. The summed E-state index contributed by atoms with van der Waals surface area (Å²) in [6, 6.07) is 9.76. The van der Waals surface area contributed by atoms with Crippen molar-refractivity contribution in [1.82, 2.24) is 4.90 Å². The van der Waals surface area contributed by atoms with Crippen LogP contribution in [-0.2, 0) is 11.3 Å². The number of halogens is 1. The SMILES string of the molecule is CN(Cc1cc2ccccc2o1)C(=O)CCN.Cl. The minimum atomic E-state index is 0. The zero-order valence-corrected chi connectivity index (χ0v) is 11.1. The Hall–Kier alpha value is -1.52. The topological polar surface area (TPSA) is 59.5 Å². The number of hydrogen-bond acceptors (Lipinski definition) is 3. The second-order valence-corrected chi connectivity index (χ2v) is 4.04. The minimum Gasteiger partial charge on any atom is -0.459 e. The lowest BCUT2D eigenvalue weighted by molar-refractivity contribution is -0.130. The molecular formula is C13H17ClN2O2. The van der Waals surface area contributed by atoms with Crippen molar-refractivity contribution in [2.45, 2.75) is 13.0 Å². The Labute approximate surface area is 112 Å². The summed E-state index contributed by atoms with van der Waals surface area (Å²) < 4.78 is 5.64. The molecule has 0 aliphatic heterocycles. The number of nitrogens with zero attached hydrogens (tertiary/aromatic N) is 1. The van der Waals surface area contributed by atoms with E-state index in [2.05, 4.69) is 0 Å². The van der Waals surface area contributed by atoms with Gasteiger partial charge in [-0.05, 0) is 12.1 Å². The van der Waals surface area contributed by atoms with Gasteiger partial charge in [-0.15, -0.1) is 12.4 Å². The number of rotatable bonds is 4. The number of carbonyl (C=O) groups is 1. The lowest BCUT2D eigenvalue weighted by atomic mass is 10.2. The molecule has 5 heteroatoms. The van der Waals surface area contributed by atoms with Crippen LogP contribution in [0, 0.1) is 0 Å². The van der Waals surface area contributed by atoms with Crippen molar-refractivity contribution in [1.29, 1.82) is 0 Å². The summed E-state index contributed by atoms with van der Waals surface area (Å²) in [5, 5.41) is 1.06. The van der Waals surface area contributed by atoms with E-state index in [0.29, 0.717) is 19.5 Å². The van der Waals surface area contributed by atoms with E-state index in [1.807, 2.05) is 30.3 Å². The molecule has 0 aliphatic carbocycles. The first-order valence-electron chi connectivity index (χ1n) is 5.62. The largest absolute Gasteiger partial charge is 0.459 e. The maximum Gasteiger partial charge on any atom is 0.223 e. The molecule has 0 unspecified atom stereocenters. The Balaban J connectivity index is 0.00000162. The van der Waals surface area contributed by atoms with Gasteiger partial charge in [0.25, 0.3) is 0 Å². The van der Waals surface area contributed by atoms with Gasteiger partial charge >= 0.3 is 0 Å². The molecule has 0 fully saturated rings. The molecule has 1 amide bonds. The first kappa shape index (κ1) is 14.5. The quantitative estimate of drug-likeness (QED) is 0.924. The van der Waals surface area contributed by atoms with Crippen molar-refractivity contribution >= 4 is 29.3 Å². The van der Waals surface area contributed by atoms with Crippen LogP contribution in [0.1, 0.15) is 12.2 Å². The average Bonchev–Trinajstić information content (AvgIpc) is 2.71. The summed E-state index contributed by atoms with van der Waals surface area (Å²) in [5.41, 5.74) is 6.20. The first-order valence-corrected chi connectivity index (χ1v) is 5.62. The fraction of sp³-hybridized carbons (Fsp3) is 0.308. The van der Waals surface area contributed by atoms with Crippen molar-refractivity contribution in [2.24, 2.45) is 5.73 Å². The Kier molecular flexibility index (Phi) is 5.19. The van der Waals surface area contributed by atoms with E-state index in [1.165, 1.54) is 0 Å². The third kappa shape index (κ3) is 3.24. The third-order valence-electron chi connectivity index (χ3n) is 2.65. The maximum absolute atomic E-state index is 11.6. The van der Waals surface area contributed by atoms with Crippen LogP contribution in [0.2, 0.25) is 0 Å². The van der Waals surface area contributed by atoms with E-state index in [9.17, 15) is 4.79 Å². The summed E-state index contributed by atoms with van der Waals surface area (Å²) in [5.74, 6) is 0.826. The molecule has 2 rings (SSSR count). The van der Waals surface area contributed by atoms with Gasteiger partial charge in [0.2, 0.25) is 5.91 Å². The summed E-state index contributed by atoms with van der Waals surface area (Å²) in [6.07, 6.45) is 0.372. The van der Waals surface area contributed by atoms with Gasteiger partial charge in [0.15, 0.2) is 0 Å². The highest BCUT2D eigenvalue weighted by Gasteiger charge is 2.10. The molecule has 4 nitrogen and oxygen atoms in total. The zero-order chi connectivity index (χ0) is 12.3. The first-order chi connectivity index (χ1) is 8.20. The van der Waals surface area contributed by atoms with E-state index in [4.69, 9.17) is 10.2 Å². The lowest BCUT2D eigenvalue weighted by Gasteiger charge is -2.14. The predicted molar refractivity (Wildman–Crippen MR) is 73.6 cm³/mol. The molecule has 98 valence electrons. The molecule has 0 saturated heterocycles. The third-order valence-corrected chi connectivity index (χ3v) is 2.65. The molecule has 0 bridgehead atoms. The van der Waals surface area contributed by atoms with E-state index < -0.39 is 0 Å². The van der Waals surface area contributed by atoms with E-state index in [0.717, 1.165) is 16.7 Å². The molecule has 0 atom stereocenters. The summed E-state index contributed by atoms with van der Waals surface area (Å²) >= 11 is 0. The maximum atomic E-state index is 11.6. The fourth-order valence-corrected chi connectivity index (χ4v) is 1.75. The smallest absolute Gasteiger partial charge is 0.223 e. The number of nitrogens with two attached hydrogens (primary N) is 1. The highest BCUT2D eigenvalue weighted by molar-refractivity contribution is 5.85. The van der Waals surface area contributed by atoms with Gasteiger partial charge in [0, 0.05) is 25.4 Å². The van der Waals surface area contributed by atoms with Crippen LogP contribution < -0.4 is 5.73 Å². The van der Waals surface area contributed by atoms with Gasteiger partial charge < -0.3 is 15.1 Å². The summed E-state index contributed by atoms with van der Waals surface area (Å²) in [4.78, 5) is 13.2. The van der Waals surface area contributed by atoms with Crippen LogP contribution in [0.25, 0.3) is 11.0 Å². The molecular weight excluding hydrogens is 252 g/mol. The second kappa shape index (κ2) is 6.42. The van der Waals surface area contributed by atoms with Crippen LogP contribution in [0.5, 0.6) is 0 Å². The van der Waals surface area contributed by atoms with Crippen LogP contribution >= 0.6 is 12.4 Å². The van der Waals surface area contributed by atoms with Crippen LogP contribution in [0.4, 0.5) is 0 Å². The normalized spacial score (nSPS) is 10.1. The van der Waals surface area contributed by atoms with Crippen LogP contribution in [-0.4, -0.2) is 24.4 Å². The minimum absolute atomic E-state index is 0. The molecule has 1 aromatic heterocycles. The molecule has 1 aromatic carbocycles. The van der Waals surface area contributed by atoms with Crippen LogP contribution in [0.3, 0.4) is 0 Å². The van der Waals surface area contributed by atoms with E-state index in [-0.39, 0.29) is 18.3 Å². The number of para-hydroxylation sites is 1. The number of furan rings is 1. The van der Waals surface area contributed by atoms with Gasteiger partial charge in [-0.25, -0.2) is 0 Å². The van der Waals surface area contributed by atoms with E-state index >= 15 is 0 Å². The number of amides is 1. The van der Waals surface area contributed by atoms with Crippen molar-refractivity contribution in [2.75, 3.05) is 13.6 Å². The van der Waals surface area contributed by atoms with Crippen molar-refractivity contribution in [3.8, 4) is 0 Å². The summed E-state index contributed by atoms with van der Waals surface area (Å²) in [7, 11) is 1.76. The molecule has 0 spiro atoms. The van der Waals surface area contributed by atoms with Crippen molar-refractivity contribution in [3.05, 3.63) is 36.1 Å². The molecule has 18 heavy (non-hydrogen) atoms. The zero-order valence-electron chi connectivity index (χ0n) is 10.3. The monoisotopic (exact) mass is 268 g/mol. The van der Waals surface area contributed by atoms with E-state index in [1.54, 1.807) is 11.9 Å². The number of fused-ring (bicyclic) bond motifs is 1. The molecule has 2 N–H and O–H groups in total. The fourth-order valence-electron chi connectivity index (χ4n) is 1.75. The Morgan fingerprint density at radius 2 is 2.11 bits per heavy atom. The summed E-state index contributed by atoms with van der Waals surface area (Å²) in [6.45, 7) is 0.858. The van der Waals surface area contributed by atoms with Gasteiger partial charge in [-0.3, -0.25) is 4.79 Å². The van der Waals surface area contributed by atoms with Crippen molar-refractivity contribution in [3.63, 3.8) is 0 Å². The molecule has 0 radical (unpaired) electrons. The second-order valence-electron chi connectivity index (χ2n) is 4.04. The van der Waals surface area contributed by atoms with Gasteiger partial charge in [0.1, 0.15) is 11.3 Å². The molecule has 2 aromatic rings. The molecule has 0 aliphatic rings. The highest BCUT2D eigenvalue weighted by Crippen LogP contribution is 2.19. The number of benzene rings is 1. The Morgan fingerprint density at radius 3 is 2.78 bits per heavy atom. The Bertz CT molecular complexity index is 491. The number of carbonyl (C=O) groups excluding carboxylic acids is 1.